The summed E-state index contributed by atoms with van der Waals surface area (Å²) in [5.41, 5.74) is 0.915. The highest BCUT2D eigenvalue weighted by Gasteiger charge is 2.16. The molecule has 0 aliphatic rings. The lowest BCUT2D eigenvalue weighted by Crippen LogP contribution is -2.32. The normalized spacial score (nSPS) is 10.5. The van der Waals surface area contributed by atoms with Gasteiger partial charge in [0, 0.05) is 10.8 Å². The molecule has 0 radical (unpaired) electrons. The fourth-order valence-corrected chi connectivity index (χ4v) is 3.47. The second kappa shape index (κ2) is 8.77. The number of nitrogens with zero attached hydrogens (tertiary/aromatic N) is 3. The number of carbonyl (C=O) groups excluding carboxylic acids is 1. The number of benzene rings is 2. The molecule has 3 N–H and O–H groups in total. The van der Waals surface area contributed by atoms with Crippen LogP contribution in [-0.4, -0.2) is 28.0 Å². The highest BCUT2D eigenvalue weighted by molar-refractivity contribution is 7.98. The zero-order valence-electron chi connectivity index (χ0n) is 14.8. The summed E-state index contributed by atoms with van der Waals surface area (Å²) in [6.45, 7) is 0. The molecule has 0 saturated heterocycles. The minimum atomic E-state index is -0.587. The van der Waals surface area contributed by atoms with Gasteiger partial charge in [0.05, 0.1) is 18.4 Å². The molecule has 0 amide bonds. The quantitative estimate of drug-likeness (QED) is 0.357. The van der Waals surface area contributed by atoms with Crippen molar-refractivity contribution in [3.63, 3.8) is 0 Å². The Hall–Kier alpha value is -3.04. The number of nitrogen functional groups attached to an aromatic ring is 1. The number of nitrogens with two attached hydrogens (primary N) is 1. The highest BCUT2D eigenvalue weighted by atomic mass is 35.5. The topological polar surface area (TPSA) is 112 Å². The van der Waals surface area contributed by atoms with Crippen molar-refractivity contribution in [2.24, 2.45) is 0 Å². The van der Waals surface area contributed by atoms with Gasteiger partial charge >= 0.3 is 11.5 Å². The van der Waals surface area contributed by atoms with E-state index in [-0.39, 0.29) is 16.5 Å². The van der Waals surface area contributed by atoms with E-state index in [1.807, 2.05) is 18.2 Å². The van der Waals surface area contributed by atoms with Crippen molar-refractivity contribution in [2.75, 3.05) is 18.3 Å². The van der Waals surface area contributed by atoms with Gasteiger partial charge in [0.2, 0.25) is 11.0 Å². The number of ether oxygens (including phenoxy) is 1. The van der Waals surface area contributed by atoms with Gasteiger partial charge in [-0.2, -0.15) is 4.68 Å². The van der Waals surface area contributed by atoms with E-state index in [2.05, 4.69) is 15.5 Å². The lowest BCUT2D eigenvalue weighted by molar-refractivity contribution is 0.0602. The van der Waals surface area contributed by atoms with Gasteiger partial charge in [-0.15, -0.1) is 10.2 Å². The SMILES string of the molecule is COC(=O)c1ccccc1Nc1nnc(SCc2ccccc2Cl)n(N)c1=O. The monoisotopic (exact) mass is 417 g/mol. The fraction of sp³-hybridized carbons (Fsp3) is 0.111. The molecule has 0 spiro atoms. The van der Waals surface area contributed by atoms with Gasteiger partial charge in [0.15, 0.2) is 0 Å². The molecule has 0 saturated carbocycles. The first kappa shape index (κ1) is 19.7. The van der Waals surface area contributed by atoms with Crippen LogP contribution in [0, 0.1) is 0 Å². The smallest absolute Gasteiger partial charge is 0.339 e. The van der Waals surface area contributed by atoms with Crippen LogP contribution in [0.15, 0.2) is 58.5 Å². The Bertz CT molecular complexity index is 1070. The number of methoxy groups -OCH3 is 1. The number of hydrogen-bond acceptors (Lipinski definition) is 8. The third-order valence-electron chi connectivity index (χ3n) is 3.76. The van der Waals surface area contributed by atoms with E-state index in [4.69, 9.17) is 22.2 Å². The van der Waals surface area contributed by atoms with Crippen molar-refractivity contribution in [3.05, 3.63) is 75.0 Å². The second-order valence-electron chi connectivity index (χ2n) is 5.55. The average molecular weight is 418 g/mol. The van der Waals surface area contributed by atoms with E-state index in [0.29, 0.717) is 16.5 Å². The van der Waals surface area contributed by atoms with Crippen LogP contribution in [0.25, 0.3) is 0 Å². The highest BCUT2D eigenvalue weighted by Crippen LogP contribution is 2.24. The van der Waals surface area contributed by atoms with Gasteiger partial charge < -0.3 is 15.9 Å². The third-order valence-corrected chi connectivity index (χ3v) is 5.12. The lowest BCUT2D eigenvalue weighted by Gasteiger charge is -2.11. The molecule has 144 valence electrons. The van der Waals surface area contributed by atoms with Crippen molar-refractivity contribution in [3.8, 4) is 0 Å². The molecule has 3 aromatic rings. The molecule has 0 aliphatic carbocycles. The molecule has 28 heavy (non-hydrogen) atoms. The maximum atomic E-state index is 12.5. The van der Waals surface area contributed by atoms with Crippen molar-refractivity contribution >= 4 is 40.8 Å². The van der Waals surface area contributed by atoms with E-state index in [9.17, 15) is 9.59 Å². The first-order chi connectivity index (χ1) is 13.5. The first-order valence-electron chi connectivity index (χ1n) is 8.06. The van der Waals surface area contributed by atoms with Crippen molar-refractivity contribution in [2.45, 2.75) is 10.9 Å². The van der Waals surface area contributed by atoms with Crippen LogP contribution in [-0.2, 0) is 10.5 Å². The summed E-state index contributed by atoms with van der Waals surface area (Å²) in [6.07, 6.45) is 0. The minimum absolute atomic E-state index is 0.110. The molecular formula is C18H16ClN5O3S. The van der Waals surface area contributed by atoms with Crippen LogP contribution in [0.2, 0.25) is 5.02 Å². The lowest BCUT2D eigenvalue weighted by atomic mass is 10.2. The van der Waals surface area contributed by atoms with Crippen LogP contribution in [0.5, 0.6) is 0 Å². The molecule has 10 heteroatoms. The third kappa shape index (κ3) is 4.26. The van der Waals surface area contributed by atoms with Gasteiger partial charge in [0.1, 0.15) is 0 Å². The number of aromatic nitrogens is 3. The van der Waals surface area contributed by atoms with Crippen LogP contribution < -0.4 is 16.7 Å². The number of esters is 1. The Kier molecular flexibility index (Phi) is 6.17. The summed E-state index contributed by atoms with van der Waals surface area (Å²) >= 11 is 7.37. The summed E-state index contributed by atoms with van der Waals surface area (Å²) in [5.74, 6) is 5.70. The standard InChI is InChI=1S/C18H16ClN5O3S/c1-27-17(26)12-7-3-5-9-14(12)21-15-16(25)24(20)18(23-22-15)28-10-11-6-2-4-8-13(11)19/h2-9H,10,20H2,1H3,(H,21,22). The average Bonchev–Trinajstić information content (AvgIpc) is 2.72. The van der Waals surface area contributed by atoms with Crippen molar-refractivity contribution in [1.82, 2.24) is 14.9 Å². The maximum absolute atomic E-state index is 12.5. The Morgan fingerprint density at radius 3 is 2.68 bits per heavy atom. The summed E-state index contributed by atoms with van der Waals surface area (Å²) < 4.78 is 5.63. The van der Waals surface area contributed by atoms with Gasteiger partial charge in [-0.3, -0.25) is 4.79 Å². The fourth-order valence-electron chi connectivity index (χ4n) is 2.33. The van der Waals surface area contributed by atoms with E-state index in [1.165, 1.54) is 18.9 Å². The van der Waals surface area contributed by atoms with Gasteiger partial charge in [0.25, 0.3) is 0 Å². The number of nitrogens with one attached hydrogen (secondary N) is 1. The molecule has 0 aliphatic heterocycles. The number of halogens is 1. The van der Waals surface area contributed by atoms with Crippen LogP contribution in [0.4, 0.5) is 11.5 Å². The van der Waals surface area contributed by atoms with Crippen molar-refractivity contribution in [1.29, 1.82) is 0 Å². The van der Waals surface area contributed by atoms with Gasteiger partial charge in [-0.1, -0.05) is 53.7 Å². The largest absolute Gasteiger partial charge is 0.465 e. The molecule has 8 nitrogen and oxygen atoms in total. The molecule has 3 rings (SSSR count). The Balaban J connectivity index is 1.82. The minimum Gasteiger partial charge on any atom is -0.465 e. The molecule has 0 fully saturated rings. The molecule has 0 atom stereocenters. The predicted octanol–water partition coefficient (Wildman–Crippen LogP) is 2.83. The second-order valence-corrected chi connectivity index (χ2v) is 6.90. The number of hydrogen-bond donors (Lipinski definition) is 2. The summed E-state index contributed by atoms with van der Waals surface area (Å²) in [7, 11) is 1.27. The van der Waals surface area contributed by atoms with Crippen molar-refractivity contribution < 1.29 is 9.53 Å². The molecule has 1 aromatic heterocycles. The molecule has 0 unspecified atom stereocenters. The summed E-state index contributed by atoms with van der Waals surface area (Å²) in [5, 5.41) is 11.6. The first-order valence-corrected chi connectivity index (χ1v) is 9.43. The van der Waals surface area contributed by atoms with E-state index >= 15 is 0 Å². The summed E-state index contributed by atoms with van der Waals surface area (Å²) in [6, 6.07) is 13.9. The Morgan fingerprint density at radius 1 is 1.21 bits per heavy atom. The predicted molar refractivity (Wildman–Crippen MR) is 109 cm³/mol. The molecule has 2 aromatic carbocycles. The van der Waals surface area contributed by atoms with Crippen LogP contribution >= 0.6 is 23.4 Å². The van der Waals surface area contributed by atoms with Crippen LogP contribution in [0.3, 0.4) is 0 Å². The van der Waals surface area contributed by atoms with Crippen LogP contribution in [0.1, 0.15) is 15.9 Å². The Morgan fingerprint density at radius 2 is 1.93 bits per heavy atom. The zero-order valence-corrected chi connectivity index (χ0v) is 16.3. The number of rotatable bonds is 6. The van der Waals surface area contributed by atoms with Gasteiger partial charge in [-0.05, 0) is 23.8 Å². The number of para-hydroxylation sites is 1. The van der Waals surface area contributed by atoms with Gasteiger partial charge in [-0.25, -0.2) is 4.79 Å². The van der Waals surface area contributed by atoms with E-state index < -0.39 is 11.5 Å². The maximum Gasteiger partial charge on any atom is 0.339 e. The molecule has 1 heterocycles. The molecular weight excluding hydrogens is 402 g/mol. The number of thioether (sulfide) groups is 1. The van der Waals surface area contributed by atoms with E-state index in [0.717, 1.165) is 10.2 Å². The summed E-state index contributed by atoms with van der Waals surface area (Å²) in [4.78, 5) is 24.4. The zero-order chi connectivity index (χ0) is 20.1. The number of carbonyl (C=O) groups is 1. The molecule has 0 bridgehead atoms. The number of anilines is 2. The Labute approximate surface area is 169 Å². The van der Waals surface area contributed by atoms with E-state index in [1.54, 1.807) is 30.3 Å².